The number of aromatic amines is 1. The van der Waals surface area contributed by atoms with Gasteiger partial charge in [0.2, 0.25) is 0 Å². The Labute approximate surface area is 95.3 Å². The van der Waals surface area contributed by atoms with Crippen LogP contribution in [-0.2, 0) is 5.54 Å². The fourth-order valence-electron chi connectivity index (χ4n) is 2.12. The van der Waals surface area contributed by atoms with Crippen molar-refractivity contribution in [1.82, 2.24) is 4.98 Å². The van der Waals surface area contributed by atoms with E-state index in [2.05, 4.69) is 11.1 Å². The average Bonchev–Trinajstić information content (AvgIpc) is 2.71. The van der Waals surface area contributed by atoms with Gasteiger partial charge in [-0.2, -0.15) is 0 Å². The van der Waals surface area contributed by atoms with Crippen LogP contribution in [-0.4, -0.2) is 16.7 Å². The van der Waals surface area contributed by atoms with Crippen molar-refractivity contribution in [1.29, 1.82) is 0 Å². The Morgan fingerprint density at radius 2 is 2.12 bits per heavy atom. The Morgan fingerprint density at radius 1 is 1.38 bits per heavy atom. The first-order chi connectivity index (χ1) is 7.65. The number of benzene rings is 1. The third-order valence-corrected chi connectivity index (χ3v) is 3.06. The number of para-hydroxylation sites is 1. The molecule has 0 aliphatic carbocycles. The molecular weight excluding hydrogens is 200 g/mol. The number of aromatic nitrogens is 1. The van der Waals surface area contributed by atoms with Gasteiger partial charge in [-0.15, -0.1) is 0 Å². The molecule has 0 fully saturated rings. The van der Waals surface area contributed by atoms with Gasteiger partial charge < -0.3 is 15.8 Å². The Morgan fingerprint density at radius 3 is 2.88 bits per heavy atom. The topological polar surface area (TPSA) is 62.0 Å². The van der Waals surface area contributed by atoms with E-state index in [1.165, 1.54) is 5.39 Å². The van der Waals surface area contributed by atoms with Gasteiger partial charge in [-0.25, -0.2) is 0 Å². The number of aliphatic hydroxyl groups is 1. The molecule has 16 heavy (non-hydrogen) atoms. The van der Waals surface area contributed by atoms with Gasteiger partial charge in [0.15, 0.2) is 0 Å². The normalized spacial score (nSPS) is 15.2. The number of nitrogens with one attached hydrogen (secondary N) is 1. The second kappa shape index (κ2) is 4.28. The monoisotopic (exact) mass is 218 g/mol. The minimum Gasteiger partial charge on any atom is -0.396 e. The van der Waals surface area contributed by atoms with Crippen molar-refractivity contribution in [2.45, 2.75) is 25.3 Å². The van der Waals surface area contributed by atoms with E-state index in [9.17, 15) is 0 Å². The quantitative estimate of drug-likeness (QED) is 0.736. The lowest BCUT2D eigenvalue weighted by atomic mass is 9.88. The van der Waals surface area contributed by atoms with E-state index < -0.39 is 0 Å². The number of hydrogen-bond acceptors (Lipinski definition) is 2. The van der Waals surface area contributed by atoms with Crippen molar-refractivity contribution in [3.63, 3.8) is 0 Å². The predicted molar refractivity (Wildman–Crippen MR) is 66.2 cm³/mol. The van der Waals surface area contributed by atoms with Crippen LogP contribution in [0.4, 0.5) is 0 Å². The van der Waals surface area contributed by atoms with E-state index in [0.717, 1.165) is 23.9 Å². The lowest BCUT2D eigenvalue weighted by molar-refractivity contribution is 0.266. The SMILES string of the molecule is CC(N)(CCCO)c1c[nH]c2ccccc12. The molecule has 0 amide bonds. The van der Waals surface area contributed by atoms with Gasteiger partial charge in [0.1, 0.15) is 0 Å². The van der Waals surface area contributed by atoms with Gasteiger partial charge in [-0.1, -0.05) is 18.2 Å². The summed E-state index contributed by atoms with van der Waals surface area (Å²) in [5.41, 5.74) is 8.15. The van der Waals surface area contributed by atoms with Crippen molar-refractivity contribution in [2.24, 2.45) is 5.73 Å². The molecule has 1 atom stereocenters. The zero-order valence-electron chi connectivity index (χ0n) is 9.53. The molecular formula is C13H18N2O. The van der Waals surface area contributed by atoms with Crippen molar-refractivity contribution in [3.8, 4) is 0 Å². The lowest BCUT2D eigenvalue weighted by Crippen LogP contribution is -2.32. The van der Waals surface area contributed by atoms with Crippen molar-refractivity contribution >= 4 is 10.9 Å². The van der Waals surface area contributed by atoms with Crippen LogP contribution < -0.4 is 5.73 Å². The fraction of sp³-hybridized carbons (Fsp3) is 0.385. The van der Waals surface area contributed by atoms with Gasteiger partial charge in [0.25, 0.3) is 0 Å². The highest BCUT2D eigenvalue weighted by Gasteiger charge is 2.23. The zero-order valence-corrected chi connectivity index (χ0v) is 9.53. The molecule has 0 radical (unpaired) electrons. The Kier molecular flexibility index (Phi) is 2.99. The largest absolute Gasteiger partial charge is 0.396 e. The Balaban J connectivity index is 2.38. The zero-order chi connectivity index (χ0) is 11.6. The van der Waals surface area contributed by atoms with Crippen LogP contribution in [0.25, 0.3) is 10.9 Å². The third-order valence-electron chi connectivity index (χ3n) is 3.06. The maximum absolute atomic E-state index is 8.88. The molecule has 2 rings (SSSR count). The van der Waals surface area contributed by atoms with E-state index in [0.29, 0.717) is 0 Å². The van der Waals surface area contributed by atoms with Crippen LogP contribution in [0.15, 0.2) is 30.5 Å². The lowest BCUT2D eigenvalue weighted by Gasteiger charge is -2.24. The number of rotatable bonds is 4. The molecule has 0 aliphatic rings. The molecule has 1 aromatic carbocycles. The number of aliphatic hydroxyl groups excluding tert-OH is 1. The molecule has 86 valence electrons. The van der Waals surface area contributed by atoms with Gasteiger partial charge in [-0.05, 0) is 31.4 Å². The molecule has 1 aromatic heterocycles. The van der Waals surface area contributed by atoms with Crippen molar-refractivity contribution < 1.29 is 5.11 Å². The molecule has 3 nitrogen and oxygen atoms in total. The van der Waals surface area contributed by atoms with Crippen LogP contribution in [0.1, 0.15) is 25.3 Å². The summed E-state index contributed by atoms with van der Waals surface area (Å²) in [6.45, 7) is 2.20. The molecule has 4 N–H and O–H groups in total. The molecule has 0 aliphatic heterocycles. The van der Waals surface area contributed by atoms with E-state index >= 15 is 0 Å². The van der Waals surface area contributed by atoms with E-state index in [1.54, 1.807) is 0 Å². The predicted octanol–water partition coefficient (Wildman–Crippen LogP) is 2.11. The number of nitrogens with two attached hydrogens (primary N) is 1. The van der Waals surface area contributed by atoms with E-state index in [4.69, 9.17) is 10.8 Å². The first-order valence-electron chi connectivity index (χ1n) is 5.61. The van der Waals surface area contributed by atoms with Gasteiger partial charge in [0, 0.05) is 29.2 Å². The summed E-state index contributed by atoms with van der Waals surface area (Å²) < 4.78 is 0. The van der Waals surface area contributed by atoms with Crippen LogP contribution in [0.2, 0.25) is 0 Å². The van der Waals surface area contributed by atoms with Crippen LogP contribution in [0.5, 0.6) is 0 Å². The highest BCUT2D eigenvalue weighted by molar-refractivity contribution is 5.84. The molecule has 0 saturated carbocycles. The highest BCUT2D eigenvalue weighted by Crippen LogP contribution is 2.29. The summed E-state index contributed by atoms with van der Waals surface area (Å²) in [6.07, 6.45) is 3.49. The minimum absolute atomic E-state index is 0.190. The standard InChI is InChI=1S/C13H18N2O/c1-13(14,7-4-8-16)11-9-15-12-6-3-2-5-10(11)12/h2-3,5-6,9,15-16H,4,7-8,14H2,1H3. The molecule has 1 heterocycles. The number of hydrogen-bond donors (Lipinski definition) is 3. The summed E-state index contributed by atoms with van der Waals surface area (Å²) in [6, 6.07) is 8.14. The van der Waals surface area contributed by atoms with E-state index in [1.807, 2.05) is 31.3 Å². The van der Waals surface area contributed by atoms with Crippen LogP contribution in [0, 0.1) is 0 Å². The maximum atomic E-state index is 8.88. The molecule has 3 heteroatoms. The Bertz CT molecular complexity index is 473. The minimum atomic E-state index is -0.387. The number of H-pyrrole nitrogens is 1. The van der Waals surface area contributed by atoms with Gasteiger partial charge >= 0.3 is 0 Å². The smallest absolute Gasteiger partial charge is 0.0457 e. The Hall–Kier alpha value is -1.32. The summed E-state index contributed by atoms with van der Waals surface area (Å²) in [7, 11) is 0. The highest BCUT2D eigenvalue weighted by atomic mass is 16.2. The summed E-state index contributed by atoms with van der Waals surface area (Å²) in [4.78, 5) is 3.23. The molecule has 1 unspecified atom stereocenters. The fourth-order valence-corrected chi connectivity index (χ4v) is 2.12. The van der Waals surface area contributed by atoms with Gasteiger partial charge in [0.05, 0.1) is 0 Å². The van der Waals surface area contributed by atoms with Crippen LogP contribution in [0.3, 0.4) is 0 Å². The summed E-state index contributed by atoms with van der Waals surface area (Å²) in [5.74, 6) is 0. The first-order valence-corrected chi connectivity index (χ1v) is 5.61. The van der Waals surface area contributed by atoms with Gasteiger partial charge in [-0.3, -0.25) is 0 Å². The average molecular weight is 218 g/mol. The second-order valence-corrected chi connectivity index (χ2v) is 4.49. The van der Waals surface area contributed by atoms with Crippen LogP contribution >= 0.6 is 0 Å². The van der Waals surface area contributed by atoms with Crippen molar-refractivity contribution in [2.75, 3.05) is 6.61 Å². The van der Waals surface area contributed by atoms with Crippen molar-refractivity contribution in [3.05, 3.63) is 36.0 Å². The molecule has 2 aromatic rings. The summed E-state index contributed by atoms with van der Waals surface area (Å²) in [5, 5.41) is 10.0. The van der Waals surface area contributed by atoms with E-state index in [-0.39, 0.29) is 12.1 Å². The second-order valence-electron chi connectivity index (χ2n) is 4.49. The first kappa shape index (κ1) is 11.2. The maximum Gasteiger partial charge on any atom is 0.0457 e. The summed E-state index contributed by atoms with van der Waals surface area (Å²) >= 11 is 0. The number of fused-ring (bicyclic) bond motifs is 1. The third kappa shape index (κ3) is 1.96. The molecule has 0 saturated heterocycles. The molecule has 0 bridgehead atoms. The molecule has 0 spiro atoms.